The van der Waals surface area contributed by atoms with E-state index >= 15 is 0 Å². The van der Waals surface area contributed by atoms with Gasteiger partial charge in [0.1, 0.15) is 0 Å². The second-order valence-corrected chi connectivity index (χ2v) is 5.33. The van der Waals surface area contributed by atoms with Gasteiger partial charge in [-0.05, 0) is 11.4 Å². The van der Waals surface area contributed by atoms with Crippen LogP contribution in [0.3, 0.4) is 0 Å². The summed E-state index contributed by atoms with van der Waals surface area (Å²) in [5, 5.41) is 12.0. The summed E-state index contributed by atoms with van der Waals surface area (Å²) >= 11 is 3.28. The Morgan fingerprint density at radius 3 is 2.93 bits per heavy atom. The molecule has 0 spiro atoms. The van der Waals surface area contributed by atoms with Gasteiger partial charge >= 0.3 is 0 Å². The molecule has 1 N–H and O–H groups in total. The average molecular weight is 240 g/mol. The van der Waals surface area contributed by atoms with Gasteiger partial charge in [0.15, 0.2) is 5.13 Å². The van der Waals surface area contributed by atoms with Crippen molar-refractivity contribution in [2.75, 3.05) is 11.9 Å². The van der Waals surface area contributed by atoms with Crippen LogP contribution in [0.4, 0.5) is 5.13 Å². The van der Waals surface area contributed by atoms with E-state index in [1.165, 1.54) is 16.2 Å². The first-order chi connectivity index (χ1) is 7.29. The maximum atomic E-state index is 8.94. The lowest BCUT2D eigenvalue weighted by Crippen LogP contribution is -2.14. The monoisotopic (exact) mass is 240 g/mol. The third-order valence-electron chi connectivity index (χ3n) is 2.00. The molecular formula is C10H12N2OS2. The summed E-state index contributed by atoms with van der Waals surface area (Å²) in [7, 11) is 2.01. The SMILES string of the molecule is CN(Cc1cccs1)c1ncc(CO)s1. The van der Waals surface area contributed by atoms with Crippen LogP contribution in [-0.2, 0) is 13.2 Å². The first-order valence-corrected chi connectivity index (χ1v) is 6.28. The van der Waals surface area contributed by atoms with Gasteiger partial charge in [-0.2, -0.15) is 0 Å². The van der Waals surface area contributed by atoms with Crippen molar-refractivity contribution in [2.24, 2.45) is 0 Å². The van der Waals surface area contributed by atoms with Crippen LogP contribution < -0.4 is 4.90 Å². The van der Waals surface area contributed by atoms with Crippen molar-refractivity contribution in [3.8, 4) is 0 Å². The Hall–Kier alpha value is -0.910. The van der Waals surface area contributed by atoms with Crippen LogP contribution in [0.15, 0.2) is 23.7 Å². The van der Waals surface area contributed by atoms with E-state index in [1.54, 1.807) is 17.5 Å². The van der Waals surface area contributed by atoms with E-state index < -0.39 is 0 Å². The van der Waals surface area contributed by atoms with E-state index in [4.69, 9.17) is 5.11 Å². The van der Waals surface area contributed by atoms with Crippen LogP contribution >= 0.6 is 22.7 Å². The van der Waals surface area contributed by atoms with Gasteiger partial charge in [0.05, 0.1) is 18.0 Å². The van der Waals surface area contributed by atoms with Crippen molar-refractivity contribution in [1.82, 2.24) is 4.98 Å². The molecular weight excluding hydrogens is 228 g/mol. The van der Waals surface area contributed by atoms with E-state index in [1.807, 2.05) is 7.05 Å². The lowest BCUT2D eigenvalue weighted by Gasteiger charge is -2.13. The van der Waals surface area contributed by atoms with Crippen LogP contribution in [0, 0.1) is 0 Å². The van der Waals surface area contributed by atoms with E-state index in [9.17, 15) is 0 Å². The molecule has 2 rings (SSSR count). The van der Waals surface area contributed by atoms with E-state index in [0.29, 0.717) is 0 Å². The minimum absolute atomic E-state index is 0.0739. The van der Waals surface area contributed by atoms with Gasteiger partial charge in [0.25, 0.3) is 0 Å². The van der Waals surface area contributed by atoms with Crippen molar-refractivity contribution < 1.29 is 5.11 Å². The third-order valence-corrected chi connectivity index (χ3v) is 3.95. The molecule has 0 saturated heterocycles. The standard InChI is InChI=1S/C10H12N2OS2/c1-12(6-8-3-2-4-14-8)10-11-5-9(7-13)15-10/h2-5,13H,6-7H2,1H3. The highest BCUT2D eigenvalue weighted by Crippen LogP contribution is 2.23. The molecule has 0 atom stereocenters. The van der Waals surface area contributed by atoms with Gasteiger partial charge in [-0.1, -0.05) is 17.4 Å². The van der Waals surface area contributed by atoms with Gasteiger partial charge in [0.2, 0.25) is 0 Å². The molecule has 0 aliphatic carbocycles. The fraction of sp³-hybridized carbons (Fsp3) is 0.300. The fourth-order valence-corrected chi connectivity index (χ4v) is 2.74. The number of rotatable bonds is 4. The second-order valence-electron chi connectivity index (χ2n) is 3.20. The average Bonchev–Trinajstić information content (AvgIpc) is 2.86. The Morgan fingerprint density at radius 2 is 2.33 bits per heavy atom. The molecule has 2 aromatic rings. The Bertz CT molecular complexity index is 411. The number of hydrogen-bond acceptors (Lipinski definition) is 5. The number of aliphatic hydroxyl groups is 1. The lowest BCUT2D eigenvalue weighted by molar-refractivity contribution is 0.285. The molecule has 0 aliphatic heterocycles. The van der Waals surface area contributed by atoms with Gasteiger partial charge in [-0.3, -0.25) is 0 Å². The number of thiazole rings is 1. The van der Waals surface area contributed by atoms with Crippen molar-refractivity contribution in [1.29, 1.82) is 0 Å². The molecule has 0 fully saturated rings. The Kier molecular flexibility index (Phi) is 3.35. The molecule has 15 heavy (non-hydrogen) atoms. The summed E-state index contributed by atoms with van der Waals surface area (Å²) < 4.78 is 0. The van der Waals surface area contributed by atoms with E-state index in [-0.39, 0.29) is 6.61 Å². The van der Waals surface area contributed by atoms with Crippen molar-refractivity contribution >= 4 is 27.8 Å². The molecule has 0 unspecified atom stereocenters. The minimum atomic E-state index is 0.0739. The summed E-state index contributed by atoms with van der Waals surface area (Å²) in [5.41, 5.74) is 0. The smallest absolute Gasteiger partial charge is 0.185 e. The van der Waals surface area contributed by atoms with Crippen LogP contribution in [0.25, 0.3) is 0 Å². The number of nitrogens with zero attached hydrogens (tertiary/aromatic N) is 2. The highest BCUT2D eigenvalue weighted by atomic mass is 32.1. The molecule has 3 nitrogen and oxygen atoms in total. The summed E-state index contributed by atoms with van der Waals surface area (Å²) in [6, 6.07) is 4.16. The topological polar surface area (TPSA) is 36.4 Å². The highest BCUT2D eigenvalue weighted by Gasteiger charge is 2.07. The highest BCUT2D eigenvalue weighted by molar-refractivity contribution is 7.15. The predicted molar refractivity (Wildman–Crippen MR) is 64.5 cm³/mol. The number of hydrogen-bond donors (Lipinski definition) is 1. The third kappa shape index (κ3) is 2.56. The number of anilines is 1. The Labute approximate surface area is 96.6 Å². The number of aliphatic hydroxyl groups excluding tert-OH is 1. The minimum Gasteiger partial charge on any atom is -0.391 e. The van der Waals surface area contributed by atoms with Crippen molar-refractivity contribution in [2.45, 2.75) is 13.2 Å². The lowest BCUT2D eigenvalue weighted by atomic mass is 10.4. The second kappa shape index (κ2) is 4.74. The molecule has 0 amide bonds. The van der Waals surface area contributed by atoms with Crippen LogP contribution in [0.2, 0.25) is 0 Å². The molecule has 0 saturated carbocycles. The molecule has 80 valence electrons. The fourth-order valence-electron chi connectivity index (χ4n) is 1.25. The Balaban J connectivity index is 2.04. The van der Waals surface area contributed by atoms with Crippen LogP contribution in [0.1, 0.15) is 9.75 Å². The molecule has 0 radical (unpaired) electrons. The van der Waals surface area contributed by atoms with Crippen LogP contribution in [0.5, 0.6) is 0 Å². The molecule has 2 aromatic heterocycles. The molecule has 0 aliphatic rings. The molecule has 0 aromatic carbocycles. The zero-order valence-electron chi connectivity index (χ0n) is 8.38. The van der Waals surface area contributed by atoms with E-state index in [2.05, 4.69) is 27.4 Å². The normalized spacial score (nSPS) is 10.5. The maximum Gasteiger partial charge on any atom is 0.185 e. The zero-order chi connectivity index (χ0) is 10.7. The van der Waals surface area contributed by atoms with Gasteiger partial charge in [0, 0.05) is 18.1 Å². The van der Waals surface area contributed by atoms with Crippen molar-refractivity contribution in [3.05, 3.63) is 33.5 Å². The summed E-state index contributed by atoms with van der Waals surface area (Å²) in [5.74, 6) is 0. The maximum absolute atomic E-state index is 8.94. The number of aromatic nitrogens is 1. The summed E-state index contributed by atoms with van der Waals surface area (Å²) in [4.78, 5) is 8.57. The number of thiophene rings is 1. The molecule has 0 bridgehead atoms. The first kappa shape index (κ1) is 10.6. The van der Waals surface area contributed by atoms with Gasteiger partial charge in [-0.15, -0.1) is 11.3 Å². The summed E-state index contributed by atoms with van der Waals surface area (Å²) in [6.45, 7) is 0.945. The van der Waals surface area contributed by atoms with E-state index in [0.717, 1.165) is 16.6 Å². The van der Waals surface area contributed by atoms with Gasteiger partial charge < -0.3 is 10.0 Å². The largest absolute Gasteiger partial charge is 0.391 e. The Morgan fingerprint density at radius 1 is 1.47 bits per heavy atom. The quantitative estimate of drug-likeness (QED) is 0.891. The van der Waals surface area contributed by atoms with Crippen LogP contribution in [-0.4, -0.2) is 17.1 Å². The molecule has 2 heterocycles. The molecule has 5 heteroatoms. The van der Waals surface area contributed by atoms with Crippen molar-refractivity contribution in [3.63, 3.8) is 0 Å². The first-order valence-electron chi connectivity index (χ1n) is 4.58. The zero-order valence-corrected chi connectivity index (χ0v) is 10.0. The summed E-state index contributed by atoms with van der Waals surface area (Å²) in [6.07, 6.45) is 1.73. The predicted octanol–water partition coefficient (Wildman–Crippen LogP) is 2.33. The van der Waals surface area contributed by atoms with Gasteiger partial charge in [-0.25, -0.2) is 4.98 Å².